The summed E-state index contributed by atoms with van der Waals surface area (Å²) in [4.78, 5) is 13.5. The van der Waals surface area contributed by atoms with Crippen molar-refractivity contribution in [1.29, 1.82) is 0 Å². The molecule has 0 amide bonds. The van der Waals surface area contributed by atoms with Gasteiger partial charge in [0.05, 0.1) is 102 Å². The second-order valence-corrected chi connectivity index (χ2v) is 13.2. The highest BCUT2D eigenvalue weighted by Crippen LogP contribution is 2.35. The van der Waals surface area contributed by atoms with E-state index in [0.29, 0.717) is 91.0 Å². The van der Waals surface area contributed by atoms with Crippen molar-refractivity contribution in [3.63, 3.8) is 0 Å². The van der Waals surface area contributed by atoms with Crippen LogP contribution in [0.15, 0.2) is 6.07 Å². The lowest BCUT2D eigenvalue weighted by Gasteiger charge is -2.32. The number of imidazole rings is 1. The van der Waals surface area contributed by atoms with Crippen LogP contribution in [0.1, 0.15) is 43.3 Å². The molecule has 12 nitrogen and oxygen atoms in total. The fraction of sp³-hybridized carbons (Fsp3) is 0.765. The Balaban J connectivity index is 1.02. The van der Waals surface area contributed by atoms with Gasteiger partial charge in [-0.3, -0.25) is 0 Å². The zero-order chi connectivity index (χ0) is 33.1. The summed E-state index contributed by atoms with van der Waals surface area (Å²) in [5, 5.41) is 0. The number of nitrogens with two attached hydrogens (primary N) is 1. The first-order chi connectivity index (χ1) is 23.1. The fourth-order valence-corrected chi connectivity index (χ4v) is 6.76. The molecule has 1 aliphatic heterocycles. The van der Waals surface area contributed by atoms with Gasteiger partial charge in [0.2, 0.25) is 0 Å². The van der Waals surface area contributed by atoms with E-state index in [4.69, 9.17) is 43.9 Å². The van der Waals surface area contributed by atoms with E-state index in [-0.39, 0.29) is 0 Å². The molecule has 13 heteroatoms. The van der Waals surface area contributed by atoms with Crippen LogP contribution >= 0.6 is 11.3 Å². The summed E-state index contributed by atoms with van der Waals surface area (Å²) in [5.74, 6) is 2.32. The van der Waals surface area contributed by atoms with E-state index >= 15 is 0 Å². The number of nitrogen functional groups attached to an aromatic ring is 1. The van der Waals surface area contributed by atoms with E-state index in [1.807, 2.05) is 0 Å². The number of hydrogen-bond acceptors (Lipinski definition) is 12. The SMILES string of the molecule is CCCCc1nc2c(N)nc3cc(C)sc3c2n1CC1CCN(CCOCCOCCOCCOCCOCCOCCOC)CC1. The average molecular weight is 680 g/mol. The summed E-state index contributed by atoms with van der Waals surface area (Å²) >= 11 is 1.80. The second kappa shape index (κ2) is 21.9. The van der Waals surface area contributed by atoms with Crippen LogP contribution in [0.25, 0.3) is 21.3 Å². The van der Waals surface area contributed by atoms with Crippen LogP contribution in [0.4, 0.5) is 5.82 Å². The Morgan fingerprint density at radius 1 is 0.809 bits per heavy atom. The summed E-state index contributed by atoms with van der Waals surface area (Å²) < 4.78 is 41.9. The van der Waals surface area contributed by atoms with Crippen LogP contribution in [0, 0.1) is 12.8 Å². The van der Waals surface area contributed by atoms with Gasteiger partial charge in [-0.15, -0.1) is 11.3 Å². The minimum atomic E-state index is 0.541. The van der Waals surface area contributed by atoms with Gasteiger partial charge in [-0.25, -0.2) is 9.97 Å². The molecular weight excluding hydrogens is 622 g/mol. The standard InChI is InChI=1S/C34H57N5O7S/c1-4-5-6-30-37-31-32(33-29(36-34(31)35)25-27(2)47-33)39(30)26-28-7-9-38(10-8-28)11-12-41-15-16-43-19-20-45-23-24-46-22-21-44-18-17-42-14-13-40-3/h25,28H,4-24,26H2,1-3H3,(H2,35,36). The molecule has 47 heavy (non-hydrogen) atoms. The number of pyridine rings is 1. The Hall–Kier alpha value is -1.94. The van der Waals surface area contributed by atoms with E-state index in [2.05, 4.69) is 34.4 Å². The molecule has 0 radical (unpaired) electrons. The van der Waals surface area contributed by atoms with Gasteiger partial charge in [-0.05, 0) is 51.3 Å². The number of unbranched alkanes of at least 4 members (excludes halogenated alkanes) is 1. The van der Waals surface area contributed by atoms with Gasteiger partial charge < -0.3 is 48.4 Å². The molecule has 0 aliphatic carbocycles. The maximum Gasteiger partial charge on any atom is 0.152 e. The van der Waals surface area contributed by atoms with Crippen molar-refractivity contribution >= 4 is 38.4 Å². The Morgan fingerprint density at radius 2 is 1.36 bits per heavy atom. The normalized spacial score (nSPS) is 14.7. The van der Waals surface area contributed by atoms with Crippen molar-refractivity contribution in [2.75, 3.05) is 118 Å². The number of anilines is 1. The lowest BCUT2D eigenvalue weighted by molar-refractivity contribution is -0.0199. The van der Waals surface area contributed by atoms with Gasteiger partial charge in [-0.2, -0.15) is 0 Å². The van der Waals surface area contributed by atoms with E-state index < -0.39 is 0 Å². The monoisotopic (exact) mass is 679 g/mol. The first-order valence-corrected chi connectivity index (χ1v) is 18.1. The molecule has 3 aromatic heterocycles. The lowest BCUT2D eigenvalue weighted by Crippen LogP contribution is -2.37. The molecule has 4 heterocycles. The molecule has 0 atom stereocenters. The van der Waals surface area contributed by atoms with Crippen molar-refractivity contribution < 1.29 is 33.2 Å². The minimum absolute atomic E-state index is 0.541. The number of hydrogen-bond donors (Lipinski definition) is 1. The second-order valence-electron chi connectivity index (χ2n) is 12.0. The first-order valence-electron chi connectivity index (χ1n) is 17.3. The van der Waals surface area contributed by atoms with Crippen molar-refractivity contribution in [3.8, 4) is 0 Å². The highest BCUT2D eigenvalue weighted by atomic mass is 32.1. The van der Waals surface area contributed by atoms with Gasteiger partial charge in [0.1, 0.15) is 11.3 Å². The number of aryl methyl sites for hydroxylation is 2. The Labute approximate surface area is 284 Å². The Kier molecular flexibility index (Phi) is 17.7. The van der Waals surface area contributed by atoms with E-state index in [1.165, 1.54) is 27.9 Å². The topological polar surface area (TPSA) is 125 Å². The van der Waals surface area contributed by atoms with Gasteiger partial charge >= 0.3 is 0 Å². The van der Waals surface area contributed by atoms with Crippen molar-refractivity contribution in [3.05, 3.63) is 16.8 Å². The first kappa shape index (κ1) is 37.9. The minimum Gasteiger partial charge on any atom is -0.382 e. The van der Waals surface area contributed by atoms with Gasteiger partial charge in [-0.1, -0.05) is 13.3 Å². The number of thiophene rings is 1. The predicted octanol–water partition coefficient (Wildman–Crippen LogP) is 4.34. The Morgan fingerprint density at radius 3 is 1.91 bits per heavy atom. The van der Waals surface area contributed by atoms with Crippen LogP contribution in [0.2, 0.25) is 0 Å². The molecule has 2 N–H and O–H groups in total. The highest BCUT2D eigenvalue weighted by Gasteiger charge is 2.24. The lowest BCUT2D eigenvalue weighted by atomic mass is 9.96. The highest BCUT2D eigenvalue weighted by molar-refractivity contribution is 7.19. The zero-order valence-corrected chi connectivity index (χ0v) is 29.7. The summed E-state index contributed by atoms with van der Waals surface area (Å²) in [6.07, 6.45) is 5.59. The molecule has 1 saturated heterocycles. The summed E-state index contributed by atoms with van der Waals surface area (Å²) in [7, 11) is 1.66. The molecule has 4 rings (SSSR count). The summed E-state index contributed by atoms with van der Waals surface area (Å²) in [5.41, 5.74) is 9.46. The van der Waals surface area contributed by atoms with Gasteiger partial charge in [0.15, 0.2) is 5.82 Å². The molecule has 3 aromatic rings. The van der Waals surface area contributed by atoms with Crippen LogP contribution in [-0.4, -0.2) is 132 Å². The summed E-state index contributed by atoms with van der Waals surface area (Å²) in [6, 6.07) is 2.14. The van der Waals surface area contributed by atoms with Gasteiger partial charge in [0.25, 0.3) is 0 Å². The smallest absolute Gasteiger partial charge is 0.152 e. The van der Waals surface area contributed by atoms with E-state index in [9.17, 15) is 0 Å². The number of nitrogens with zero attached hydrogens (tertiary/aromatic N) is 4. The number of fused-ring (bicyclic) bond motifs is 3. The number of aromatic nitrogens is 3. The Bertz CT molecular complexity index is 1280. The third kappa shape index (κ3) is 12.8. The van der Waals surface area contributed by atoms with Crippen LogP contribution in [0.5, 0.6) is 0 Å². The number of piperidine rings is 1. The van der Waals surface area contributed by atoms with Crippen molar-refractivity contribution in [2.45, 2.75) is 52.5 Å². The van der Waals surface area contributed by atoms with Crippen LogP contribution < -0.4 is 5.73 Å². The average Bonchev–Trinajstić information content (AvgIpc) is 3.63. The maximum absolute atomic E-state index is 6.41. The molecular formula is C34H57N5O7S. The van der Waals surface area contributed by atoms with Crippen LogP contribution in [-0.2, 0) is 46.1 Å². The van der Waals surface area contributed by atoms with Gasteiger partial charge in [0, 0.05) is 31.5 Å². The molecule has 0 aromatic carbocycles. The molecule has 266 valence electrons. The molecule has 1 fully saturated rings. The molecule has 1 aliphatic rings. The quantitative estimate of drug-likeness (QED) is 0.122. The summed E-state index contributed by atoms with van der Waals surface area (Å²) in [6.45, 7) is 16.0. The number of rotatable bonds is 26. The van der Waals surface area contributed by atoms with Crippen LogP contribution in [0.3, 0.4) is 0 Å². The zero-order valence-electron chi connectivity index (χ0n) is 28.8. The van der Waals surface area contributed by atoms with Crippen molar-refractivity contribution in [1.82, 2.24) is 19.4 Å². The molecule has 0 spiro atoms. The van der Waals surface area contributed by atoms with E-state index in [0.717, 1.165) is 68.9 Å². The maximum atomic E-state index is 6.41. The van der Waals surface area contributed by atoms with Crippen molar-refractivity contribution in [2.24, 2.45) is 5.92 Å². The predicted molar refractivity (Wildman–Crippen MR) is 187 cm³/mol. The fourth-order valence-electron chi connectivity index (χ4n) is 5.75. The molecule has 0 saturated carbocycles. The molecule has 0 bridgehead atoms. The third-order valence-corrected chi connectivity index (χ3v) is 9.37. The number of likely N-dealkylation sites (tertiary alicyclic amines) is 1. The largest absolute Gasteiger partial charge is 0.382 e. The molecule has 0 unspecified atom stereocenters. The third-order valence-electron chi connectivity index (χ3n) is 8.33. The number of ether oxygens (including phenoxy) is 7. The number of methoxy groups -OCH3 is 1. The van der Waals surface area contributed by atoms with E-state index in [1.54, 1.807) is 18.4 Å².